The largest absolute Gasteiger partial charge is 0.486 e. The molecule has 1 N–H and O–H groups in total. The van der Waals surface area contributed by atoms with Crippen LogP contribution < -0.4 is 10.1 Å². The fraction of sp³-hybridized carbons (Fsp3) is 0.625. The van der Waals surface area contributed by atoms with Crippen LogP contribution in [0, 0.1) is 11.7 Å². The monoisotopic (exact) mass is 276 g/mol. The smallest absolute Gasteiger partial charge is 0.127 e. The van der Waals surface area contributed by atoms with Crippen LogP contribution in [0.5, 0.6) is 5.75 Å². The minimum Gasteiger partial charge on any atom is -0.486 e. The SMILES string of the molecule is CNC1CC2(CCN3CCC2C3)Oc2cc(F)ccc21. The molecule has 108 valence electrons. The number of ether oxygens (including phenoxy) is 1. The van der Waals surface area contributed by atoms with Crippen molar-refractivity contribution < 1.29 is 9.13 Å². The molecule has 0 radical (unpaired) electrons. The molecular formula is C16H21FN2O. The van der Waals surface area contributed by atoms with Crippen LogP contribution in [-0.4, -0.2) is 37.2 Å². The van der Waals surface area contributed by atoms with Crippen LogP contribution in [0.25, 0.3) is 0 Å². The van der Waals surface area contributed by atoms with Gasteiger partial charge >= 0.3 is 0 Å². The Morgan fingerprint density at radius 3 is 3.15 bits per heavy atom. The van der Waals surface area contributed by atoms with E-state index < -0.39 is 0 Å². The second kappa shape index (κ2) is 4.43. The van der Waals surface area contributed by atoms with Crippen molar-refractivity contribution >= 4 is 0 Å². The van der Waals surface area contributed by atoms with Gasteiger partial charge in [0.1, 0.15) is 17.2 Å². The Morgan fingerprint density at radius 2 is 2.30 bits per heavy atom. The summed E-state index contributed by atoms with van der Waals surface area (Å²) in [5, 5.41) is 3.39. The molecule has 1 aromatic rings. The second-order valence-electron chi connectivity index (χ2n) is 6.43. The van der Waals surface area contributed by atoms with Crippen LogP contribution in [0.4, 0.5) is 4.39 Å². The first-order valence-electron chi connectivity index (χ1n) is 7.58. The molecule has 1 aromatic carbocycles. The summed E-state index contributed by atoms with van der Waals surface area (Å²) >= 11 is 0. The number of nitrogens with zero attached hydrogens (tertiary/aromatic N) is 1. The molecule has 4 atom stereocenters. The molecular weight excluding hydrogens is 255 g/mol. The molecule has 3 heterocycles. The number of fused-ring (bicyclic) bond motifs is 4. The lowest BCUT2D eigenvalue weighted by Crippen LogP contribution is -2.54. The standard InChI is InChI=1S/C16H21FN2O/c1-18-14-9-16(5-7-19-6-4-11(16)10-19)20-15-8-12(17)2-3-13(14)15/h2-3,8,11,14,18H,4-7,9-10H2,1H3. The quantitative estimate of drug-likeness (QED) is 0.852. The molecule has 4 heteroatoms. The number of piperidine rings is 1. The van der Waals surface area contributed by atoms with E-state index in [0.717, 1.165) is 37.2 Å². The lowest BCUT2D eigenvalue weighted by Gasteiger charge is -2.48. The molecule has 3 aliphatic rings. The van der Waals surface area contributed by atoms with Gasteiger partial charge in [-0.3, -0.25) is 0 Å². The first-order chi connectivity index (χ1) is 9.70. The van der Waals surface area contributed by atoms with E-state index in [2.05, 4.69) is 10.2 Å². The number of rotatable bonds is 1. The molecule has 2 fully saturated rings. The van der Waals surface area contributed by atoms with E-state index in [0.29, 0.717) is 5.92 Å². The highest BCUT2D eigenvalue weighted by Gasteiger charge is 2.51. The van der Waals surface area contributed by atoms with Gasteiger partial charge in [-0.1, -0.05) is 6.07 Å². The van der Waals surface area contributed by atoms with Crippen molar-refractivity contribution in [2.24, 2.45) is 5.92 Å². The maximum absolute atomic E-state index is 13.6. The highest BCUT2D eigenvalue weighted by Crippen LogP contribution is 2.49. The van der Waals surface area contributed by atoms with Crippen molar-refractivity contribution in [3.8, 4) is 5.75 Å². The summed E-state index contributed by atoms with van der Waals surface area (Å²) in [5.41, 5.74) is 1.00. The summed E-state index contributed by atoms with van der Waals surface area (Å²) in [5.74, 6) is 1.12. The lowest BCUT2D eigenvalue weighted by atomic mass is 9.74. The molecule has 4 unspecified atom stereocenters. The van der Waals surface area contributed by atoms with E-state index in [1.807, 2.05) is 13.1 Å². The van der Waals surface area contributed by atoms with Crippen LogP contribution in [0.3, 0.4) is 0 Å². The highest BCUT2D eigenvalue weighted by molar-refractivity contribution is 5.40. The molecule has 3 aliphatic heterocycles. The highest BCUT2D eigenvalue weighted by atomic mass is 19.1. The van der Waals surface area contributed by atoms with E-state index in [-0.39, 0.29) is 17.5 Å². The summed E-state index contributed by atoms with van der Waals surface area (Å²) < 4.78 is 20.0. The number of hydrogen-bond acceptors (Lipinski definition) is 3. The summed E-state index contributed by atoms with van der Waals surface area (Å²) in [6, 6.07) is 5.22. The van der Waals surface area contributed by atoms with Crippen molar-refractivity contribution in [3.05, 3.63) is 29.6 Å². The molecule has 0 amide bonds. The zero-order chi connectivity index (χ0) is 13.7. The number of halogens is 1. The Morgan fingerprint density at radius 1 is 1.40 bits per heavy atom. The van der Waals surface area contributed by atoms with Crippen LogP contribution in [-0.2, 0) is 0 Å². The Kier molecular flexibility index (Phi) is 2.79. The summed E-state index contributed by atoms with van der Waals surface area (Å²) in [7, 11) is 1.99. The van der Waals surface area contributed by atoms with E-state index in [4.69, 9.17) is 4.74 Å². The Hall–Kier alpha value is -1.13. The third kappa shape index (κ3) is 1.78. The number of nitrogens with one attached hydrogen (secondary N) is 1. The molecule has 20 heavy (non-hydrogen) atoms. The van der Waals surface area contributed by atoms with Gasteiger partial charge in [-0.05, 0) is 26.1 Å². The first-order valence-corrected chi connectivity index (χ1v) is 7.58. The predicted molar refractivity (Wildman–Crippen MR) is 75.3 cm³/mol. The summed E-state index contributed by atoms with van der Waals surface area (Å²) in [6.07, 6.45) is 3.27. The van der Waals surface area contributed by atoms with Crippen molar-refractivity contribution in [3.63, 3.8) is 0 Å². The maximum Gasteiger partial charge on any atom is 0.127 e. The van der Waals surface area contributed by atoms with E-state index in [1.165, 1.54) is 19.0 Å². The topological polar surface area (TPSA) is 24.5 Å². The fourth-order valence-electron chi connectivity index (χ4n) is 4.28. The average Bonchev–Trinajstić information content (AvgIpc) is 2.87. The van der Waals surface area contributed by atoms with Crippen molar-refractivity contribution in [1.82, 2.24) is 10.2 Å². The number of hydrogen-bond donors (Lipinski definition) is 1. The fourth-order valence-corrected chi connectivity index (χ4v) is 4.28. The molecule has 0 aliphatic carbocycles. The Labute approximate surface area is 119 Å². The van der Waals surface area contributed by atoms with E-state index in [9.17, 15) is 4.39 Å². The zero-order valence-electron chi connectivity index (χ0n) is 11.9. The van der Waals surface area contributed by atoms with Gasteiger partial charge in [-0.2, -0.15) is 0 Å². The third-order valence-electron chi connectivity index (χ3n) is 5.43. The molecule has 2 bridgehead atoms. The van der Waals surface area contributed by atoms with Gasteiger partial charge in [-0.15, -0.1) is 0 Å². The van der Waals surface area contributed by atoms with Crippen molar-refractivity contribution in [2.45, 2.75) is 30.9 Å². The van der Waals surface area contributed by atoms with Gasteiger partial charge in [0.2, 0.25) is 0 Å². The maximum atomic E-state index is 13.6. The molecule has 3 nitrogen and oxygen atoms in total. The number of benzene rings is 1. The normalized spacial score (nSPS) is 38.6. The molecule has 0 saturated carbocycles. The lowest BCUT2D eigenvalue weighted by molar-refractivity contribution is -0.0470. The van der Waals surface area contributed by atoms with Crippen molar-refractivity contribution in [2.75, 3.05) is 26.7 Å². The van der Waals surface area contributed by atoms with Gasteiger partial charge < -0.3 is 15.0 Å². The minimum atomic E-state index is -0.209. The second-order valence-corrected chi connectivity index (χ2v) is 6.43. The Balaban J connectivity index is 1.74. The predicted octanol–water partition coefficient (Wildman–Crippen LogP) is 2.33. The van der Waals surface area contributed by atoms with Gasteiger partial charge in [0.15, 0.2) is 0 Å². The summed E-state index contributed by atoms with van der Waals surface area (Å²) in [4.78, 5) is 2.52. The average molecular weight is 276 g/mol. The molecule has 4 rings (SSSR count). The first kappa shape index (κ1) is 12.6. The van der Waals surface area contributed by atoms with Gasteiger partial charge in [-0.25, -0.2) is 4.39 Å². The third-order valence-corrected chi connectivity index (χ3v) is 5.43. The Bertz CT molecular complexity index is 535. The van der Waals surface area contributed by atoms with Crippen LogP contribution in [0.1, 0.15) is 30.9 Å². The van der Waals surface area contributed by atoms with E-state index >= 15 is 0 Å². The van der Waals surface area contributed by atoms with Crippen molar-refractivity contribution in [1.29, 1.82) is 0 Å². The van der Waals surface area contributed by atoms with Crippen LogP contribution in [0.15, 0.2) is 18.2 Å². The molecule has 2 saturated heterocycles. The van der Waals surface area contributed by atoms with Gasteiger partial charge in [0, 0.05) is 49.5 Å². The van der Waals surface area contributed by atoms with Gasteiger partial charge in [0.25, 0.3) is 0 Å². The van der Waals surface area contributed by atoms with Crippen LogP contribution >= 0.6 is 0 Å². The van der Waals surface area contributed by atoms with Crippen LogP contribution in [0.2, 0.25) is 0 Å². The minimum absolute atomic E-state index is 0.0958. The zero-order valence-corrected chi connectivity index (χ0v) is 11.9. The summed E-state index contributed by atoms with van der Waals surface area (Å²) in [6.45, 7) is 3.44. The van der Waals surface area contributed by atoms with E-state index in [1.54, 1.807) is 6.07 Å². The molecule has 0 aromatic heterocycles. The molecule has 1 spiro atoms. The van der Waals surface area contributed by atoms with Gasteiger partial charge in [0.05, 0.1) is 0 Å².